The number of primary amides is 1. The van der Waals surface area contributed by atoms with Gasteiger partial charge in [-0.2, -0.15) is 0 Å². The molecule has 1 aliphatic carbocycles. The summed E-state index contributed by atoms with van der Waals surface area (Å²) in [6.07, 6.45) is 0.288. The van der Waals surface area contributed by atoms with Gasteiger partial charge < -0.3 is 35.1 Å². The molecule has 3 saturated heterocycles. The van der Waals surface area contributed by atoms with Crippen molar-refractivity contribution in [1.82, 2.24) is 15.1 Å². The highest BCUT2D eigenvalue weighted by atomic mass is 16.6. The molecule has 5 atom stereocenters. The minimum Gasteiger partial charge on any atom is -0.467 e. The van der Waals surface area contributed by atoms with Crippen molar-refractivity contribution in [3.63, 3.8) is 0 Å². The Morgan fingerprint density at radius 2 is 2.07 bits per heavy atom. The molecule has 11 heteroatoms. The highest BCUT2D eigenvalue weighted by Gasteiger charge is 2.72. The third-order valence-electron chi connectivity index (χ3n) is 6.40. The fraction of sp³-hybridized carbons (Fsp3) is 0.556. The van der Waals surface area contributed by atoms with E-state index in [2.05, 4.69) is 5.32 Å². The van der Waals surface area contributed by atoms with Gasteiger partial charge in [0.15, 0.2) is 5.72 Å². The van der Waals surface area contributed by atoms with Gasteiger partial charge in [-0.25, -0.2) is 9.59 Å². The highest BCUT2D eigenvalue weighted by Crippen LogP contribution is 2.55. The lowest BCUT2D eigenvalue weighted by Crippen LogP contribution is -2.55. The smallest absolute Gasteiger partial charge is 0.404 e. The van der Waals surface area contributed by atoms with Gasteiger partial charge in [0.2, 0.25) is 11.6 Å². The average Bonchev–Trinajstić information content (AvgIpc) is 3.59. The number of hydrogen-bond donors (Lipinski definition) is 2. The van der Waals surface area contributed by atoms with Gasteiger partial charge in [-0.1, -0.05) is 0 Å². The largest absolute Gasteiger partial charge is 0.467 e. The van der Waals surface area contributed by atoms with E-state index in [1.165, 1.54) is 25.2 Å². The van der Waals surface area contributed by atoms with E-state index in [9.17, 15) is 19.2 Å². The van der Waals surface area contributed by atoms with E-state index in [0.717, 1.165) is 0 Å². The number of Topliss-reactive ketones (excluding diaryl/α,β-unsaturated/α-hetero) is 1. The van der Waals surface area contributed by atoms with Crippen molar-refractivity contribution in [3.05, 3.63) is 23.0 Å². The second-order valence-corrected chi connectivity index (χ2v) is 7.68. The number of nitrogens with zero attached hydrogens (tertiary/aromatic N) is 2. The van der Waals surface area contributed by atoms with E-state index >= 15 is 0 Å². The molecule has 0 bridgehead atoms. The van der Waals surface area contributed by atoms with Crippen LogP contribution in [0.3, 0.4) is 0 Å². The van der Waals surface area contributed by atoms with E-state index in [0.29, 0.717) is 13.1 Å². The van der Waals surface area contributed by atoms with Crippen LogP contribution in [0.1, 0.15) is 0 Å². The molecule has 11 nitrogen and oxygen atoms in total. The van der Waals surface area contributed by atoms with Crippen LogP contribution in [0.4, 0.5) is 4.79 Å². The molecule has 1 amide bonds. The normalized spacial score (nSPS) is 36.4. The molecule has 4 heterocycles. The Balaban J connectivity index is 1.52. The summed E-state index contributed by atoms with van der Waals surface area (Å²) >= 11 is 0. The molecule has 29 heavy (non-hydrogen) atoms. The lowest BCUT2D eigenvalue weighted by Gasteiger charge is -2.39. The van der Waals surface area contributed by atoms with E-state index in [4.69, 9.17) is 19.9 Å². The zero-order valence-electron chi connectivity index (χ0n) is 15.8. The van der Waals surface area contributed by atoms with Crippen LogP contribution < -0.4 is 11.1 Å². The second kappa shape index (κ2) is 5.80. The van der Waals surface area contributed by atoms with Crippen molar-refractivity contribution < 1.29 is 33.4 Å². The second-order valence-electron chi connectivity index (χ2n) is 7.68. The number of allylic oxidation sites excluding steroid dienone is 2. The van der Waals surface area contributed by atoms with Crippen LogP contribution in [0.5, 0.6) is 0 Å². The Morgan fingerprint density at radius 3 is 2.72 bits per heavy atom. The van der Waals surface area contributed by atoms with E-state index in [1.54, 1.807) is 4.90 Å². The van der Waals surface area contributed by atoms with Crippen molar-refractivity contribution in [3.8, 4) is 0 Å². The quantitative estimate of drug-likeness (QED) is 0.295. The molecule has 154 valence electrons. The number of ketones is 2. The predicted molar refractivity (Wildman–Crippen MR) is 93.8 cm³/mol. The first-order valence-corrected chi connectivity index (χ1v) is 9.25. The predicted octanol–water partition coefficient (Wildman–Crippen LogP) is -2.14. The Labute approximate surface area is 165 Å². The van der Waals surface area contributed by atoms with Crippen molar-refractivity contribution in [1.29, 1.82) is 0 Å². The van der Waals surface area contributed by atoms with E-state index < -0.39 is 29.7 Å². The summed E-state index contributed by atoms with van der Waals surface area (Å²) in [5.74, 6) is -1.89. The SMILES string of the molecule is COC(=O)C1CN1C1=CC(=O)C2=C(C1=O)C(COC(N)=O)C1(OC)C3NC3CN21. The van der Waals surface area contributed by atoms with Crippen LogP contribution in [0.2, 0.25) is 0 Å². The molecule has 0 aromatic heterocycles. The standard InChI is InChI=1S/C18H20N4O7/c1-27-16(25)10-5-21(10)9-3-11(23)13-12(14(9)24)7(6-29-17(19)26)18(28-2)15-8(20-15)4-22(13)18/h3,7-8,10,15,20H,4-6H2,1-2H3,(H2,19,26). The summed E-state index contributed by atoms with van der Waals surface area (Å²) in [5.41, 5.74) is 4.78. The lowest BCUT2D eigenvalue weighted by atomic mass is 9.84. The minimum absolute atomic E-state index is 0.104. The Bertz CT molecular complexity index is 927. The van der Waals surface area contributed by atoms with Gasteiger partial charge in [0.05, 0.1) is 37.0 Å². The maximum Gasteiger partial charge on any atom is 0.404 e. The number of fused-ring (bicyclic) bond motifs is 4. The van der Waals surface area contributed by atoms with Crippen LogP contribution >= 0.6 is 0 Å². The number of esters is 1. The zero-order valence-corrected chi connectivity index (χ0v) is 15.8. The van der Waals surface area contributed by atoms with Crippen molar-refractivity contribution in [2.24, 2.45) is 11.7 Å². The van der Waals surface area contributed by atoms with E-state index in [-0.39, 0.29) is 47.2 Å². The zero-order chi connectivity index (χ0) is 20.7. The number of nitrogens with one attached hydrogen (secondary N) is 1. The molecule has 0 spiro atoms. The fourth-order valence-electron chi connectivity index (χ4n) is 5.07. The van der Waals surface area contributed by atoms with Gasteiger partial charge >= 0.3 is 12.1 Å². The van der Waals surface area contributed by atoms with Crippen LogP contribution in [0.25, 0.3) is 0 Å². The van der Waals surface area contributed by atoms with Gasteiger partial charge in [0, 0.05) is 31.3 Å². The summed E-state index contributed by atoms with van der Waals surface area (Å²) in [4.78, 5) is 52.8. The van der Waals surface area contributed by atoms with Gasteiger partial charge in [0.1, 0.15) is 12.6 Å². The number of carbonyl (C=O) groups is 4. The average molecular weight is 404 g/mol. The monoisotopic (exact) mass is 404 g/mol. The summed E-state index contributed by atoms with van der Waals surface area (Å²) < 4.78 is 15.6. The van der Waals surface area contributed by atoms with E-state index in [1.807, 2.05) is 0 Å². The molecule has 5 unspecified atom stereocenters. The first kappa shape index (κ1) is 18.1. The first-order valence-electron chi connectivity index (χ1n) is 9.25. The Kier molecular flexibility index (Phi) is 3.63. The van der Waals surface area contributed by atoms with Gasteiger partial charge in [-0.3, -0.25) is 9.59 Å². The van der Waals surface area contributed by atoms with Crippen LogP contribution in [0, 0.1) is 5.92 Å². The number of hydrogen-bond acceptors (Lipinski definition) is 10. The molecule has 0 aromatic rings. The van der Waals surface area contributed by atoms with Crippen LogP contribution in [-0.4, -0.2) is 91.2 Å². The van der Waals surface area contributed by atoms with Crippen molar-refractivity contribution in [2.75, 3.05) is 33.9 Å². The number of rotatable bonds is 5. The third-order valence-corrected chi connectivity index (χ3v) is 6.40. The van der Waals surface area contributed by atoms with Gasteiger partial charge in [-0.15, -0.1) is 0 Å². The summed E-state index contributed by atoms with van der Waals surface area (Å²) in [6, 6.07) is -0.561. The summed E-state index contributed by atoms with van der Waals surface area (Å²) in [6.45, 7) is 0.602. The van der Waals surface area contributed by atoms with Crippen LogP contribution in [0.15, 0.2) is 23.0 Å². The number of carbonyl (C=O) groups excluding carboxylic acids is 4. The van der Waals surface area contributed by atoms with Crippen molar-refractivity contribution >= 4 is 23.6 Å². The number of nitrogens with two attached hydrogens (primary N) is 1. The number of amides is 1. The summed E-state index contributed by atoms with van der Waals surface area (Å²) in [7, 11) is 2.78. The lowest BCUT2D eigenvalue weighted by molar-refractivity contribution is -0.140. The Hall–Kier alpha value is -2.92. The molecular weight excluding hydrogens is 384 g/mol. The molecular formula is C18H20N4O7. The minimum atomic E-state index is -1.01. The molecule has 0 aromatic carbocycles. The maximum absolute atomic E-state index is 13.4. The third kappa shape index (κ3) is 2.25. The topological polar surface area (TPSA) is 150 Å². The number of ether oxygens (including phenoxy) is 3. The van der Waals surface area contributed by atoms with Gasteiger partial charge in [-0.05, 0) is 0 Å². The molecule has 5 aliphatic rings. The number of piperazine rings is 1. The molecule has 0 saturated carbocycles. The first-order chi connectivity index (χ1) is 13.8. The summed E-state index contributed by atoms with van der Waals surface area (Å²) in [5, 5.41) is 3.29. The molecule has 4 aliphatic heterocycles. The Morgan fingerprint density at radius 1 is 1.31 bits per heavy atom. The van der Waals surface area contributed by atoms with Crippen LogP contribution in [-0.2, 0) is 28.6 Å². The number of methoxy groups -OCH3 is 2. The molecule has 5 rings (SSSR count). The van der Waals surface area contributed by atoms with Crippen molar-refractivity contribution in [2.45, 2.75) is 23.9 Å². The highest BCUT2D eigenvalue weighted by molar-refractivity contribution is 6.23. The fourth-order valence-corrected chi connectivity index (χ4v) is 5.07. The molecule has 3 N–H and O–H groups in total. The molecule has 0 radical (unpaired) electrons. The molecule has 3 fully saturated rings. The maximum atomic E-state index is 13.4. The van der Waals surface area contributed by atoms with Gasteiger partial charge in [0.25, 0.3) is 0 Å².